The van der Waals surface area contributed by atoms with Crippen molar-refractivity contribution in [2.24, 2.45) is 5.92 Å². The molecule has 1 atom stereocenters. The van der Waals surface area contributed by atoms with Crippen LogP contribution >= 0.6 is 0 Å². The van der Waals surface area contributed by atoms with Crippen LogP contribution in [0.5, 0.6) is 5.75 Å². The van der Waals surface area contributed by atoms with E-state index in [-0.39, 0.29) is 12.2 Å². The summed E-state index contributed by atoms with van der Waals surface area (Å²) < 4.78 is 12.4. The third-order valence-electron chi connectivity index (χ3n) is 7.56. The van der Waals surface area contributed by atoms with E-state index in [1.54, 1.807) is 18.6 Å². The summed E-state index contributed by atoms with van der Waals surface area (Å²) >= 11 is 0. The van der Waals surface area contributed by atoms with Crippen molar-refractivity contribution < 1.29 is 14.3 Å². The molecule has 0 aliphatic carbocycles. The van der Waals surface area contributed by atoms with Crippen LogP contribution < -0.4 is 9.64 Å². The molecular weight excluding hydrogens is 468 g/mol. The molecule has 0 spiro atoms. The number of hydrogen-bond acceptors (Lipinski definition) is 8. The van der Waals surface area contributed by atoms with Gasteiger partial charge in [0.05, 0.1) is 17.9 Å². The number of rotatable bonds is 4. The minimum atomic E-state index is -0.241. The molecule has 2 aromatic heterocycles. The number of likely N-dealkylation sites (N-methyl/N-ethyl adjacent to an activating group) is 1. The highest BCUT2D eigenvalue weighted by molar-refractivity contribution is 5.94. The number of aromatic nitrogens is 3. The largest absolute Gasteiger partial charge is 0.464 e. The van der Waals surface area contributed by atoms with E-state index in [1.807, 2.05) is 35.2 Å². The van der Waals surface area contributed by atoms with Crippen molar-refractivity contribution in [3.63, 3.8) is 0 Å². The predicted molar refractivity (Wildman–Crippen MR) is 139 cm³/mol. The summed E-state index contributed by atoms with van der Waals surface area (Å²) in [6.07, 6.45) is 6.95. The molecule has 5 heterocycles. The fourth-order valence-corrected chi connectivity index (χ4v) is 5.24. The Kier molecular flexibility index (Phi) is 6.72. The maximum Gasteiger partial charge on any atom is 0.255 e. The van der Waals surface area contributed by atoms with Crippen LogP contribution in [0, 0.1) is 5.92 Å². The number of fused-ring (bicyclic) bond motifs is 1. The Morgan fingerprint density at radius 3 is 2.46 bits per heavy atom. The molecule has 9 nitrogen and oxygen atoms in total. The number of piperidine rings is 1. The zero-order chi connectivity index (χ0) is 25.2. The molecule has 2 fully saturated rings. The van der Waals surface area contributed by atoms with Crippen LogP contribution in [-0.4, -0.2) is 83.3 Å². The Balaban J connectivity index is 1.07. The van der Waals surface area contributed by atoms with E-state index in [0.717, 1.165) is 80.6 Å². The van der Waals surface area contributed by atoms with Gasteiger partial charge in [0.1, 0.15) is 5.75 Å². The molecule has 3 aliphatic heterocycles. The van der Waals surface area contributed by atoms with Crippen molar-refractivity contribution in [1.29, 1.82) is 0 Å². The minimum Gasteiger partial charge on any atom is -0.464 e. The summed E-state index contributed by atoms with van der Waals surface area (Å²) in [5, 5.41) is 0. The van der Waals surface area contributed by atoms with Gasteiger partial charge in [-0.25, -0.2) is 9.97 Å². The average molecular weight is 501 g/mol. The van der Waals surface area contributed by atoms with Crippen molar-refractivity contribution >= 4 is 11.9 Å². The van der Waals surface area contributed by atoms with Gasteiger partial charge >= 0.3 is 0 Å². The molecule has 0 saturated carbocycles. The van der Waals surface area contributed by atoms with E-state index in [0.29, 0.717) is 18.1 Å². The molecule has 37 heavy (non-hydrogen) atoms. The first kappa shape index (κ1) is 23.8. The molecule has 6 rings (SSSR count). The molecule has 192 valence electrons. The normalized spacial score (nSPS) is 20.8. The summed E-state index contributed by atoms with van der Waals surface area (Å²) in [4.78, 5) is 32.5. The van der Waals surface area contributed by atoms with Gasteiger partial charge in [-0.3, -0.25) is 9.78 Å². The Hall–Kier alpha value is -3.56. The minimum absolute atomic E-state index is 0.0487. The summed E-state index contributed by atoms with van der Waals surface area (Å²) in [6, 6.07) is 11.7. The fourth-order valence-electron chi connectivity index (χ4n) is 5.24. The first-order valence-electron chi connectivity index (χ1n) is 13.0. The Morgan fingerprint density at radius 2 is 1.73 bits per heavy atom. The highest BCUT2D eigenvalue weighted by Gasteiger charge is 2.32. The molecule has 0 radical (unpaired) electrons. The van der Waals surface area contributed by atoms with Crippen molar-refractivity contribution in [1.82, 2.24) is 24.8 Å². The van der Waals surface area contributed by atoms with Crippen LogP contribution in [0.25, 0.3) is 11.3 Å². The monoisotopic (exact) mass is 500 g/mol. The van der Waals surface area contributed by atoms with E-state index in [1.165, 1.54) is 0 Å². The Morgan fingerprint density at radius 1 is 0.946 bits per heavy atom. The van der Waals surface area contributed by atoms with E-state index < -0.39 is 0 Å². The van der Waals surface area contributed by atoms with Crippen LogP contribution in [-0.2, 0) is 11.3 Å². The molecule has 0 N–H and O–H groups in total. The number of pyridine rings is 1. The fraction of sp³-hybridized carbons (Fsp3) is 0.429. The number of amides is 1. The smallest absolute Gasteiger partial charge is 0.255 e. The van der Waals surface area contributed by atoms with Gasteiger partial charge in [0.15, 0.2) is 0 Å². The molecule has 2 saturated heterocycles. The lowest BCUT2D eigenvalue weighted by molar-refractivity contribution is -0.144. The van der Waals surface area contributed by atoms with Gasteiger partial charge in [-0.2, -0.15) is 0 Å². The number of carbonyl (C=O) groups is 1. The summed E-state index contributed by atoms with van der Waals surface area (Å²) in [7, 11) is 2.08. The van der Waals surface area contributed by atoms with Gasteiger partial charge in [0.25, 0.3) is 5.91 Å². The molecule has 3 aromatic rings. The second-order valence-corrected chi connectivity index (χ2v) is 10.0. The zero-order valence-corrected chi connectivity index (χ0v) is 21.1. The van der Waals surface area contributed by atoms with Crippen LogP contribution in [0.1, 0.15) is 28.8 Å². The Labute approximate surface area is 217 Å². The highest BCUT2D eigenvalue weighted by atomic mass is 16.7. The Bertz CT molecular complexity index is 1220. The van der Waals surface area contributed by atoms with E-state index in [9.17, 15) is 4.79 Å². The number of piperazine rings is 1. The molecule has 0 bridgehead atoms. The zero-order valence-electron chi connectivity index (χ0n) is 21.1. The molecule has 3 aliphatic rings. The average Bonchev–Trinajstić information content (AvgIpc) is 2.97. The molecular formula is C28H32N6O3. The van der Waals surface area contributed by atoms with Crippen molar-refractivity contribution in [3.05, 3.63) is 66.1 Å². The number of nitrogens with zero attached hydrogens (tertiary/aromatic N) is 6. The summed E-state index contributed by atoms with van der Waals surface area (Å²) in [5.74, 6) is 2.04. The molecule has 9 heteroatoms. The lowest BCUT2D eigenvalue weighted by atomic mass is 9.95. The topological polar surface area (TPSA) is 83.9 Å². The third-order valence-corrected chi connectivity index (χ3v) is 7.56. The third kappa shape index (κ3) is 5.14. The van der Waals surface area contributed by atoms with Gasteiger partial charge in [-0.1, -0.05) is 0 Å². The van der Waals surface area contributed by atoms with Crippen molar-refractivity contribution in [2.45, 2.75) is 25.7 Å². The van der Waals surface area contributed by atoms with Crippen LogP contribution in [0.2, 0.25) is 0 Å². The summed E-state index contributed by atoms with van der Waals surface area (Å²) in [5.41, 5.74) is 3.46. The quantitative estimate of drug-likeness (QED) is 0.541. The van der Waals surface area contributed by atoms with E-state index in [4.69, 9.17) is 9.47 Å². The highest BCUT2D eigenvalue weighted by Crippen LogP contribution is 2.35. The maximum absolute atomic E-state index is 12.8. The molecule has 1 aromatic carbocycles. The number of benzene rings is 1. The van der Waals surface area contributed by atoms with E-state index >= 15 is 0 Å². The maximum atomic E-state index is 12.8. The van der Waals surface area contributed by atoms with Gasteiger partial charge in [-0.15, -0.1) is 0 Å². The van der Waals surface area contributed by atoms with Gasteiger partial charge in [0, 0.05) is 74.9 Å². The summed E-state index contributed by atoms with van der Waals surface area (Å²) in [6.45, 7) is 5.60. The molecule has 1 unspecified atom stereocenters. The van der Waals surface area contributed by atoms with Gasteiger partial charge in [0.2, 0.25) is 12.2 Å². The van der Waals surface area contributed by atoms with Crippen molar-refractivity contribution in [2.75, 3.05) is 51.2 Å². The first-order chi connectivity index (χ1) is 18.1. The lowest BCUT2D eigenvalue weighted by Gasteiger charge is -2.37. The first-order valence-corrected chi connectivity index (χ1v) is 13.0. The van der Waals surface area contributed by atoms with Crippen LogP contribution in [0.15, 0.2) is 55.0 Å². The standard InChI is InChI=1S/C28H32N6O3/c1-32-13-15-33(16-14-32)26(35)22-3-5-24(31-18-22)21-4-6-25-23(17-21)19-36-27(37-25)20-7-11-34(12-8-20)28-29-9-2-10-30-28/h2-6,9-10,17-18,20,27H,7-8,11-16,19H2,1H3. The molecule has 1 amide bonds. The van der Waals surface area contributed by atoms with Gasteiger partial charge < -0.3 is 24.2 Å². The van der Waals surface area contributed by atoms with Crippen LogP contribution in [0.4, 0.5) is 5.95 Å². The predicted octanol–water partition coefficient (Wildman–Crippen LogP) is 3.08. The number of ether oxygens (including phenoxy) is 2. The number of hydrogen-bond donors (Lipinski definition) is 0. The van der Waals surface area contributed by atoms with Gasteiger partial charge in [-0.05, 0) is 56.3 Å². The van der Waals surface area contributed by atoms with E-state index in [2.05, 4.69) is 37.9 Å². The number of carbonyl (C=O) groups excluding carboxylic acids is 1. The van der Waals surface area contributed by atoms with Crippen molar-refractivity contribution in [3.8, 4) is 17.0 Å². The lowest BCUT2D eigenvalue weighted by Crippen LogP contribution is -2.47. The number of anilines is 1. The second kappa shape index (κ2) is 10.4. The van der Waals surface area contributed by atoms with Crippen LogP contribution in [0.3, 0.4) is 0 Å². The second-order valence-electron chi connectivity index (χ2n) is 10.0. The SMILES string of the molecule is CN1CCN(C(=O)c2ccc(-c3ccc4c(c3)COC(C3CCN(c5ncccn5)CC3)O4)nc2)CC1.